The standard InChI is InChI=1S/C25H30ClN5O3/c1-17(2)27-23(33)16-30-24(19-4-3-5-20(26)14-19)28-31(25(30)34)21-8-6-18(7-9-21)10-12-29-13-11-22(32)15-29/h3-9,14,17,22,32H,10-13,15-16H2,1-2H3,(H,27,33). The number of carbonyl (C=O) groups excluding carboxylic acids is 1. The Morgan fingerprint density at radius 1 is 1.24 bits per heavy atom. The van der Waals surface area contributed by atoms with Crippen LogP contribution in [-0.4, -0.2) is 62.0 Å². The molecule has 2 heterocycles. The van der Waals surface area contributed by atoms with Gasteiger partial charge in [-0.15, -0.1) is 5.10 Å². The monoisotopic (exact) mass is 483 g/mol. The fraction of sp³-hybridized carbons (Fsp3) is 0.400. The van der Waals surface area contributed by atoms with Gasteiger partial charge in [0, 0.05) is 36.3 Å². The Bertz CT molecular complexity index is 1200. The summed E-state index contributed by atoms with van der Waals surface area (Å²) in [6.45, 7) is 6.13. The SMILES string of the molecule is CC(C)NC(=O)Cn1c(-c2cccc(Cl)c2)nn(-c2ccc(CCN3CCC(O)C3)cc2)c1=O. The molecule has 180 valence electrons. The van der Waals surface area contributed by atoms with E-state index in [1.165, 1.54) is 9.25 Å². The number of hydrogen-bond acceptors (Lipinski definition) is 5. The number of aliphatic hydroxyl groups is 1. The van der Waals surface area contributed by atoms with E-state index in [1.54, 1.807) is 18.2 Å². The maximum Gasteiger partial charge on any atom is 0.351 e. The van der Waals surface area contributed by atoms with E-state index >= 15 is 0 Å². The molecule has 0 radical (unpaired) electrons. The van der Waals surface area contributed by atoms with Crippen molar-refractivity contribution in [3.05, 3.63) is 69.6 Å². The Morgan fingerprint density at radius 3 is 2.65 bits per heavy atom. The minimum atomic E-state index is -0.396. The van der Waals surface area contributed by atoms with Crippen LogP contribution in [0.4, 0.5) is 0 Å². The second-order valence-electron chi connectivity index (χ2n) is 9.00. The Balaban J connectivity index is 1.60. The Kier molecular flexibility index (Phi) is 7.50. The molecular weight excluding hydrogens is 454 g/mol. The number of benzene rings is 2. The lowest BCUT2D eigenvalue weighted by atomic mass is 10.1. The van der Waals surface area contributed by atoms with Crippen molar-refractivity contribution in [3.63, 3.8) is 0 Å². The first-order valence-electron chi connectivity index (χ1n) is 11.5. The van der Waals surface area contributed by atoms with E-state index in [2.05, 4.69) is 15.3 Å². The zero-order valence-corrected chi connectivity index (χ0v) is 20.2. The normalized spacial score (nSPS) is 16.3. The predicted octanol–water partition coefficient (Wildman–Crippen LogP) is 2.49. The summed E-state index contributed by atoms with van der Waals surface area (Å²) in [4.78, 5) is 28.0. The lowest BCUT2D eigenvalue weighted by Gasteiger charge is -2.14. The largest absolute Gasteiger partial charge is 0.392 e. The molecule has 8 nitrogen and oxygen atoms in total. The van der Waals surface area contributed by atoms with Crippen LogP contribution in [0.3, 0.4) is 0 Å². The van der Waals surface area contributed by atoms with E-state index in [0.29, 0.717) is 22.1 Å². The maximum atomic E-state index is 13.3. The molecule has 0 bridgehead atoms. The first-order chi connectivity index (χ1) is 16.3. The van der Waals surface area contributed by atoms with Crippen LogP contribution in [0.15, 0.2) is 53.3 Å². The van der Waals surface area contributed by atoms with Crippen molar-refractivity contribution >= 4 is 17.5 Å². The third kappa shape index (κ3) is 5.75. The minimum absolute atomic E-state index is 0.0377. The van der Waals surface area contributed by atoms with Gasteiger partial charge < -0.3 is 15.3 Å². The Hall–Kier alpha value is -2.94. The van der Waals surface area contributed by atoms with Crippen LogP contribution >= 0.6 is 11.6 Å². The second kappa shape index (κ2) is 10.5. The molecule has 1 aliphatic heterocycles. The van der Waals surface area contributed by atoms with Gasteiger partial charge in [-0.3, -0.25) is 9.36 Å². The summed E-state index contributed by atoms with van der Waals surface area (Å²) in [6, 6.07) is 14.7. The summed E-state index contributed by atoms with van der Waals surface area (Å²) in [5.41, 5.74) is 2.03. The van der Waals surface area contributed by atoms with Gasteiger partial charge in [0.05, 0.1) is 11.8 Å². The number of halogens is 1. The molecule has 0 spiro atoms. The van der Waals surface area contributed by atoms with E-state index in [9.17, 15) is 14.7 Å². The highest BCUT2D eigenvalue weighted by atomic mass is 35.5. The van der Waals surface area contributed by atoms with Crippen LogP contribution in [0.1, 0.15) is 25.8 Å². The molecule has 3 aromatic rings. The van der Waals surface area contributed by atoms with Crippen LogP contribution in [0, 0.1) is 0 Å². The number of rotatable bonds is 8. The van der Waals surface area contributed by atoms with E-state index in [4.69, 9.17) is 11.6 Å². The highest BCUT2D eigenvalue weighted by Crippen LogP contribution is 2.21. The van der Waals surface area contributed by atoms with E-state index in [-0.39, 0.29) is 24.6 Å². The van der Waals surface area contributed by atoms with Crippen LogP contribution in [-0.2, 0) is 17.8 Å². The van der Waals surface area contributed by atoms with Crippen molar-refractivity contribution in [1.82, 2.24) is 24.6 Å². The molecule has 1 atom stereocenters. The first-order valence-corrected chi connectivity index (χ1v) is 11.9. The van der Waals surface area contributed by atoms with E-state index in [1.807, 2.05) is 44.2 Å². The molecule has 1 fully saturated rings. The van der Waals surface area contributed by atoms with Gasteiger partial charge in [-0.05, 0) is 56.5 Å². The summed E-state index contributed by atoms with van der Waals surface area (Å²) in [7, 11) is 0. The van der Waals surface area contributed by atoms with Gasteiger partial charge in [-0.2, -0.15) is 4.68 Å². The zero-order valence-electron chi connectivity index (χ0n) is 19.4. The Labute approximate surface area is 203 Å². The number of nitrogens with one attached hydrogen (secondary N) is 1. The van der Waals surface area contributed by atoms with Gasteiger partial charge in [-0.1, -0.05) is 35.9 Å². The smallest absolute Gasteiger partial charge is 0.351 e. The molecule has 34 heavy (non-hydrogen) atoms. The first kappa shape index (κ1) is 24.2. The molecule has 1 unspecified atom stereocenters. The molecule has 1 amide bonds. The summed E-state index contributed by atoms with van der Waals surface area (Å²) in [5.74, 6) is 0.116. The molecule has 2 N–H and O–H groups in total. The summed E-state index contributed by atoms with van der Waals surface area (Å²) < 4.78 is 2.69. The fourth-order valence-electron chi connectivity index (χ4n) is 4.17. The second-order valence-corrected chi connectivity index (χ2v) is 9.43. The van der Waals surface area contributed by atoms with Crippen LogP contribution in [0.2, 0.25) is 5.02 Å². The van der Waals surface area contributed by atoms with E-state index in [0.717, 1.165) is 38.0 Å². The van der Waals surface area contributed by atoms with E-state index < -0.39 is 5.69 Å². The van der Waals surface area contributed by atoms with Crippen molar-refractivity contribution in [1.29, 1.82) is 0 Å². The molecule has 1 aromatic heterocycles. The highest BCUT2D eigenvalue weighted by molar-refractivity contribution is 6.30. The van der Waals surface area contributed by atoms with Crippen LogP contribution in [0.5, 0.6) is 0 Å². The third-order valence-electron chi connectivity index (χ3n) is 5.84. The number of carbonyl (C=O) groups is 1. The molecular formula is C25H30ClN5O3. The van der Waals surface area contributed by atoms with Crippen molar-refractivity contribution in [2.45, 2.75) is 45.4 Å². The molecule has 4 rings (SSSR count). The van der Waals surface area contributed by atoms with Crippen molar-refractivity contribution in [2.24, 2.45) is 0 Å². The number of hydrogen-bond donors (Lipinski definition) is 2. The van der Waals surface area contributed by atoms with Gasteiger partial charge in [0.25, 0.3) is 0 Å². The molecule has 9 heteroatoms. The average Bonchev–Trinajstić information content (AvgIpc) is 3.35. The van der Waals surface area contributed by atoms with Crippen LogP contribution in [0.25, 0.3) is 17.1 Å². The quantitative estimate of drug-likeness (QED) is 0.513. The third-order valence-corrected chi connectivity index (χ3v) is 6.08. The molecule has 0 aliphatic carbocycles. The fourth-order valence-corrected chi connectivity index (χ4v) is 4.36. The van der Waals surface area contributed by atoms with Gasteiger partial charge in [0.2, 0.25) is 5.91 Å². The van der Waals surface area contributed by atoms with Crippen molar-refractivity contribution < 1.29 is 9.90 Å². The summed E-state index contributed by atoms with van der Waals surface area (Å²) >= 11 is 6.17. The number of aliphatic hydroxyl groups excluding tert-OH is 1. The van der Waals surface area contributed by atoms with Gasteiger partial charge in [0.1, 0.15) is 6.54 Å². The minimum Gasteiger partial charge on any atom is -0.392 e. The average molecular weight is 484 g/mol. The van der Waals surface area contributed by atoms with Gasteiger partial charge in [0.15, 0.2) is 5.82 Å². The topological polar surface area (TPSA) is 92.4 Å². The number of β-amino-alcohol motifs (C(OH)–C–C–N with tert-alkyl or cyclic N) is 1. The lowest BCUT2D eigenvalue weighted by Crippen LogP contribution is -2.36. The lowest BCUT2D eigenvalue weighted by molar-refractivity contribution is -0.122. The molecule has 1 aliphatic rings. The number of amides is 1. The summed E-state index contributed by atoms with van der Waals surface area (Å²) in [5, 5.41) is 17.6. The Morgan fingerprint density at radius 2 is 2.00 bits per heavy atom. The number of nitrogens with zero attached hydrogens (tertiary/aromatic N) is 4. The van der Waals surface area contributed by atoms with Crippen molar-refractivity contribution in [3.8, 4) is 17.1 Å². The molecule has 2 aromatic carbocycles. The zero-order chi connectivity index (χ0) is 24.2. The highest BCUT2D eigenvalue weighted by Gasteiger charge is 2.21. The maximum absolute atomic E-state index is 13.3. The summed E-state index contributed by atoms with van der Waals surface area (Å²) in [6.07, 6.45) is 1.47. The van der Waals surface area contributed by atoms with Crippen molar-refractivity contribution in [2.75, 3.05) is 19.6 Å². The van der Waals surface area contributed by atoms with Gasteiger partial charge >= 0.3 is 5.69 Å². The van der Waals surface area contributed by atoms with Crippen LogP contribution < -0.4 is 11.0 Å². The number of aromatic nitrogens is 3. The molecule has 0 saturated carbocycles. The number of likely N-dealkylation sites (tertiary alicyclic amines) is 1. The van der Waals surface area contributed by atoms with Gasteiger partial charge in [-0.25, -0.2) is 4.79 Å². The molecule has 1 saturated heterocycles. The predicted molar refractivity (Wildman–Crippen MR) is 132 cm³/mol.